The zero-order valence-corrected chi connectivity index (χ0v) is 9.20. The maximum atomic E-state index is 3.60. The molecular weight excluding hydrogens is 161 g/mol. The summed E-state index contributed by atoms with van der Waals surface area (Å²) in [5, 5.41) is 0. The molecule has 1 rings (SSSR count). The summed E-state index contributed by atoms with van der Waals surface area (Å²) in [4.78, 5) is 0. The fourth-order valence-electron chi connectivity index (χ4n) is 1.34. The van der Waals surface area contributed by atoms with Crippen molar-refractivity contribution in [2.24, 2.45) is 0 Å². The molecule has 0 spiro atoms. The predicted octanol–water partition coefficient (Wildman–Crippen LogP) is 2.59. The van der Waals surface area contributed by atoms with Crippen LogP contribution in [-0.2, 0) is 0 Å². The van der Waals surface area contributed by atoms with Crippen LogP contribution in [0.2, 0.25) is 11.6 Å². The number of benzene rings is 1. The largest absolute Gasteiger partial charge is 0.393 e. The average Bonchev–Trinajstić information content (AvgIpc) is 2.05. The summed E-state index contributed by atoms with van der Waals surface area (Å²) in [6, 6.07) is 11.1. The summed E-state index contributed by atoms with van der Waals surface area (Å²) >= 11 is -0.648. The van der Waals surface area contributed by atoms with E-state index in [-0.39, 0.29) is 0 Å². The van der Waals surface area contributed by atoms with E-state index < -0.39 is 14.4 Å². The lowest BCUT2D eigenvalue weighted by atomic mass is 10.1. The third kappa shape index (κ3) is 2.99. The first-order chi connectivity index (χ1) is 5.70. The van der Waals surface area contributed by atoms with Crippen molar-refractivity contribution in [1.29, 1.82) is 0 Å². The minimum Gasteiger partial charge on any atom is -0.393 e. The van der Waals surface area contributed by atoms with Crippen molar-refractivity contribution in [1.82, 2.24) is 4.30 Å². The van der Waals surface area contributed by atoms with Crippen LogP contribution in [0.3, 0.4) is 0 Å². The summed E-state index contributed by atoms with van der Waals surface area (Å²) in [7, 11) is 0. The summed E-state index contributed by atoms with van der Waals surface area (Å²) in [6.45, 7) is 2.22. The molecule has 0 fully saturated rings. The van der Waals surface area contributed by atoms with Crippen LogP contribution >= 0.6 is 0 Å². The van der Waals surface area contributed by atoms with Crippen LogP contribution in [0, 0.1) is 0 Å². The molecule has 0 amide bonds. The molecule has 1 aromatic rings. The predicted molar refractivity (Wildman–Crippen MR) is 55.5 cm³/mol. The second-order valence-electron chi connectivity index (χ2n) is 3.45. The summed E-state index contributed by atoms with van der Waals surface area (Å²) in [5.41, 5.74) is 1.39. The molecule has 64 valence electrons. The Morgan fingerprint density at radius 1 is 1.17 bits per heavy atom. The zero-order valence-electron chi connectivity index (χ0n) is 8.04. The Morgan fingerprint density at radius 3 is 2.25 bits per heavy atom. The van der Waals surface area contributed by atoms with Gasteiger partial charge in [0, 0.05) is 6.04 Å². The normalized spacial score (nSPS) is 12.6. The number of rotatable bonds is 3. The third-order valence-corrected chi connectivity index (χ3v) is 3.05. The van der Waals surface area contributed by atoms with Gasteiger partial charge in [-0.1, -0.05) is 41.9 Å². The summed E-state index contributed by atoms with van der Waals surface area (Å²) in [5.74, 6) is 4.61. The molecule has 1 N–H and O–H groups in total. The molecule has 0 saturated heterocycles. The van der Waals surface area contributed by atoms with Gasteiger partial charge in [-0.05, 0) is 12.5 Å². The number of hydrogen-bond acceptors (Lipinski definition) is 1. The molecule has 0 saturated carbocycles. The van der Waals surface area contributed by atoms with Crippen molar-refractivity contribution < 1.29 is 0 Å². The molecule has 0 radical (unpaired) electrons. The fraction of sp³-hybridized carbons (Fsp3) is 0.400. The highest BCUT2D eigenvalue weighted by molar-refractivity contribution is 6.52. The number of hydrogen-bond donors (Lipinski definition) is 1. The van der Waals surface area contributed by atoms with E-state index in [0.29, 0.717) is 6.04 Å². The van der Waals surface area contributed by atoms with Crippen LogP contribution in [0.15, 0.2) is 30.3 Å². The van der Waals surface area contributed by atoms with Gasteiger partial charge in [0.15, 0.2) is 0 Å². The summed E-state index contributed by atoms with van der Waals surface area (Å²) < 4.78 is 3.60. The van der Waals surface area contributed by atoms with E-state index in [1.165, 1.54) is 5.56 Å². The number of nitrogens with one attached hydrogen (secondary N) is 1. The third-order valence-electron chi connectivity index (χ3n) is 1.88. The first kappa shape index (κ1) is 9.80. The molecular formula is C10H16AlN. The maximum Gasteiger partial charge on any atom is 0.363 e. The van der Waals surface area contributed by atoms with Gasteiger partial charge in [-0.15, -0.1) is 0 Å². The molecule has 0 unspecified atom stereocenters. The van der Waals surface area contributed by atoms with Gasteiger partial charge in [-0.2, -0.15) is 0 Å². The maximum absolute atomic E-state index is 3.60. The Morgan fingerprint density at radius 2 is 1.75 bits per heavy atom. The Kier molecular flexibility index (Phi) is 3.81. The van der Waals surface area contributed by atoms with Crippen LogP contribution in [0.4, 0.5) is 0 Å². The fourth-order valence-corrected chi connectivity index (χ4v) is 2.53. The molecule has 12 heavy (non-hydrogen) atoms. The van der Waals surface area contributed by atoms with Gasteiger partial charge >= 0.3 is 14.4 Å². The summed E-state index contributed by atoms with van der Waals surface area (Å²) in [6.07, 6.45) is 0. The molecule has 0 aliphatic heterocycles. The molecule has 1 nitrogen and oxygen atoms in total. The van der Waals surface area contributed by atoms with E-state index in [1.807, 2.05) is 0 Å². The highest BCUT2D eigenvalue weighted by Crippen LogP contribution is 2.10. The average molecular weight is 177 g/mol. The van der Waals surface area contributed by atoms with Crippen LogP contribution < -0.4 is 4.30 Å². The van der Waals surface area contributed by atoms with Gasteiger partial charge in [-0.3, -0.25) is 0 Å². The molecule has 2 heteroatoms. The van der Waals surface area contributed by atoms with E-state index in [0.717, 1.165) is 0 Å². The van der Waals surface area contributed by atoms with Gasteiger partial charge in [0.05, 0.1) is 0 Å². The van der Waals surface area contributed by atoms with Crippen molar-refractivity contribution in [2.45, 2.75) is 24.5 Å². The molecule has 0 heterocycles. The lowest BCUT2D eigenvalue weighted by Gasteiger charge is -2.15. The van der Waals surface area contributed by atoms with E-state index in [4.69, 9.17) is 0 Å². The quantitative estimate of drug-likeness (QED) is 0.700. The van der Waals surface area contributed by atoms with E-state index >= 15 is 0 Å². The minimum atomic E-state index is -0.648. The van der Waals surface area contributed by atoms with Gasteiger partial charge in [-0.25, -0.2) is 0 Å². The smallest absolute Gasteiger partial charge is 0.363 e. The van der Waals surface area contributed by atoms with E-state index in [9.17, 15) is 0 Å². The van der Waals surface area contributed by atoms with Crippen LogP contribution in [0.1, 0.15) is 18.5 Å². The highest BCUT2D eigenvalue weighted by Gasteiger charge is 2.08. The molecule has 0 aromatic heterocycles. The van der Waals surface area contributed by atoms with Gasteiger partial charge < -0.3 is 4.30 Å². The first-order valence-corrected chi connectivity index (χ1v) is 7.40. The topological polar surface area (TPSA) is 12.0 Å². The van der Waals surface area contributed by atoms with Crippen LogP contribution in [0.25, 0.3) is 0 Å². The molecule has 1 atom stereocenters. The van der Waals surface area contributed by atoms with Crippen molar-refractivity contribution in [3.05, 3.63) is 35.9 Å². The molecule has 0 aliphatic rings. The lowest BCUT2D eigenvalue weighted by Crippen LogP contribution is -2.29. The molecule has 0 bridgehead atoms. The monoisotopic (exact) mass is 177 g/mol. The van der Waals surface area contributed by atoms with Gasteiger partial charge in [0.1, 0.15) is 0 Å². The Hall–Kier alpha value is -0.288. The Labute approximate surface area is 79.4 Å². The van der Waals surface area contributed by atoms with Gasteiger partial charge in [0.2, 0.25) is 0 Å². The minimum absolute atomic E-state index is 0.512. The van der Waals surface area contributed by atoms with Crippen molar-refractivity contribution in [3.63, 3.8) is 0 Å². The van der Waals surface area contributed by atoms with Crippen LogP contribution in [-0.4, -0.2) is 14.4 Å². The Balaban J connectivity index is 2.59. The highest BCUT2D eigenvalue weighted by atomic mass is 27.2. The van der Waals surface area contributed by atoms with Crippen molar-refractivity contribution >= 4 is 14.4 Å². The standard InChI is InChI=1S/C8H10N.2CH3.Al/c1-7(9)8-5-3-2-4-6-8;;;/h2-7,9H,1H3;2*1H3;/q-1;;;+1/t7-;;;/m0.../s1. The van der Waals surface area contributed by atoms with Gasteiger partial charge in [0.25, 0.3) is 0 Å². The second-order valence-corrected chi connectivity index (χ2v) is 6.10. The van der Waals surface area contributed by atoms with E-state index in [1.54, 1.807) is 0 Å². The molecule has 0 aliphatic carbocycles. The molecule has 1 aromatic carbocycles. The SMILES string of the molecule is C[C@H]([NH][Al]([CH3])[CH3])c1ccccc1. The van der Waals surface area contributed by atoms with Crippen molar-refractivity contribution in [3.8, 4) is 0 Å². The van der Waals surface area contributed by atoms with Crippen molar-refractivity contribution in [2.75, 3.05) is 0 Å². The first-order valence-electron chi connectivity index (χ1n) is 4.51. The van der Waals surface area contributed by atoms with Crippen LogP contribution in [0.5, 0.6) is 0 Å². The Bertz CT molecular complexity index is 221. The lowest BCUT2D eigenvalue weighted by molar-refractivity contribution is 0.729. The zero-order chi connectivity index (χ0) is 8.97. The second kappa shape index (κ2) is 4.67. The van der Waals surface area contributed by atoms with E-state index in [2.05, 4.69) is 53.1 Å².